The lowest BCUT2D eigenvalue weighted by molar-refractivity contribution is -0.131. The molecule has 27 heavy (non-hydrogen) atoms. The second-order valence-electron chi connectivity index (χ2n) is 7.83. The summed E-state index contributed by atoms with van der Waals surface area (Å²) in [6.07, 6.45) is 1.23. The summed E-state index contributed by atoms with van der Waals surface area (Å²) in [6.45, 7) is 5.95. The van der Waals surface area contributed by atoms with Crippen molar-refractivity contribution in [3.05, 3.63) is 69.2 Å². The van der Waals surface area contributed by atoms with Crippen LogP contribution in [0.3, 0.4) is 0 Å². The maximum absolute atomic E-state index is 12.4. The van der Waals surface area contributed by atoms with Crippen molar-refractivity contribution >= 4 is 33.4 Å². The molecule has 1 N–H and O–H groups in total. The third-order valence-corrected chi connectivity index (χ3v) is 5.76. The number of hydrogen-bond donors (Lipinski definition) is 1. The average Bonchev–Trinajstić information content (AvgIpc) is 2.61. The SMILES string of the molecule is CC(C)C(=O)N[C@@]1(C)C[C@@H](c2ccc(Cl)cc2)O[C@@H](c2cccc(Br)c2)C1. The molecule has 0 aliphatic carbocycles. The molecule has 0 aromatic heterocycles. The molecule has 3 rings (SSSR count). The molecule has 1 heterocycles. The quantitative estimate of drug-likeness (QED) is 0.600. The van der Waals surface area contributed by atoms with E-state index in [-0.39, 0.29) is 29.6 Å². The summed E-state index contributed by atoms with van der Waals surface area (Å²) in [5.41, 5.74) is 1.83. The maximum atomic E-state index is 12.4. The average molecular weight is 451 g/mol. The first-order valence-electron chi connectivity index (χ1n) is 9.24. The Morgan fingerprint density at radius 2 is 1.78 bits per heavy atom. The van der Waals surface area contributed by atoms with Crippen LogP contribution < -0.4 is 5.32 Å². The zero-order chi connectivity index (χ0) is 19.6. The molecule has 0 saturated carbocycles. The lowest BCUT2D eigenvalue weighted by atomic mass is 9.81. The van der Waals surface area contributed by atoms with Crippen LogP contribution in [0, 0.1) is 5.92 Å². The van der Waals surface area contributed by atoms with E-state index in [9.17, 15) is 4.79 Å². The van der Waals surface area contributed by atoms with Gasteiger partial charge in [0, 0.05) is 33.8 Å². The van der Waals surface area contributed by atoms with E-state index < -0.39 is 0 Å². The van der Waals surface area contributed by atoms with Gasteiger partial charge in [0.1, 0.15) is 0 Å². The van der Waals surface area contributed by atoms with Crippen molar-refractivity contribution in [2.24, 2.45) is 5.92 Å². The van der Waals surface area contributed by atoms with Crippen LogP contribution in [-0.2, 0) is 9.53 Å². The first kappa shape index (κ1) is 20.4. The van der Waals surface area contributed by atoms with Crippen LogP contribution in [0.5, 0.6) is 0 Å². The molecule has 2 aromatic rings. The highest BCUT2D eigenvalue weighted by Gasteiger charge is 2.40. The first-order chi connectivity index (χ1) is 12.8. The predicted molar refractivity (Wildman–Crippen MR) is 113 cm³/mol. The summed E-state index contributed by atoms with van der Waals surface area (Å²) >= 11 is 9.59. The van der Waals surface area contributed by atoms with Crippen LogP contribution >= 0.6 is 27.5 Å². The molecule has 1 aliphatic rings. The van der Waals surface area contributed by atoms with Crippen molar-refractivity contribution in [1.29, 1.82) is 0 Å². The zero-order valence-electron chi connectivity index (χ0n) is 15.8. The zero-order valence-corrected chi connectivity index (χ0v) is 18.2. The molecular weight excluding hydrogens is 426 g/mol. The van der Waals surface area contributed by atoms with Gasteiger partial charge in [-0.15, -0.1) is 0 Å². The third-order valence-electron chi connectivity index (χ3n) is 5.01. The minimum Gasteiger partial charge on any atom is -0.365 e. The Bertz CT molecular complexity index is 808. The Kier molecular flexibility index (Phi) is 6.29. The summed E-state index contributed by atoms with van der Waals surface area (Å²) in [5.74, 6) is 0.0187. The smallest absolute Gasteiger partial charge is 0.222 e. The number of amides is 1. The van der Waals surface area contributed by atoms with Gasteiger partial charge in [0.05, 0.1) is 12.2 Å². The number of ether oxygens (including phenoxy) is 1. The van der Waals surface area contributed by atoms with Gasteiger partial charge in [-0.2, -0.15) is 0 Å². The fraction of sp³-hybridized carbons (Fsp3) is 0.409. The molecule has 3 atom stereocenters. The number of rotatable bonds is 4. The van der Waals surface area contributed by atoms with E-state index in [4.69, 9.17) is 16.3 Å². The molecule has 5 heteroatoms. The summed E-state index contributed by atoms with van der Waals surface area (Å²) in [6, 6.07) is 15.9. The Morgan fingerprint density at radius 3 is 2.37 bits per heavy atom. The number of nitrogens with one attached hydrogen (secondary N) is 1. The summed E-state index contributed by atoms with van der Waals surface area (Å²) in [4.78, 5) is 12.4. The molecule has 144 valence electrons. The minimum absolute atomic E-state index is 0.0528. The molecule has 0 spiro atoms. The number of carbonyl (C=O) groups excluding carboxylic acids is 1. The van der Waals surface area contributed by atoms with E-state index in [1.54, 1.807) is 0 Å². The molecule has 1 saturated heterocycles. The lowest BCUT2D eigenvalue weighted by Crippen LogP contribution is -2.52. The molecule has 2 aromatic carbocycles. The Labute approximate surface area is 174 Å². The molecule has 0 unspecified atom stereocenters. The Morgan fingerprint density at radius 1 is 1.15 bits per heavy atom. The third kappa shape index (κ3) is 5.13. The fourth-order valence-electron chi connectivity index (χ4n) is 3.52. The van der Waals surface area contributed by atoms with Gasteiger partial charge in [0.25, 0.3) is 0 Å². The number of halogens is 2. The van der Waals surface area contributed by atoms with Crippen LogP contribution in [-0.4, -0.2) is 11.4 Å². The van der Waals surface area contributed by atoms with E-state index in [0.717, 1.165) is 28.4 Å². The van der Waals surface area contributed by atoms with Gasteiger partial charge in [-0.1, -0.05) is 65.6 Å². The van der Waals surface area contributed by atoms with Gasteiger partial charge >= 0.3 is 0 Å². The molecule has 0 bridgehead atoms. The van der Waals surface area contributed by atoms with Crippen LogP contribution in [0.15, 0.2) is 53.0 Å². The topological polar surface area (TPSA) is 38.3 Å². The molecular formula is C22H25BrClNO2. The Balaban J connectivity index is 1.92. The number of hydrogen-bond acceptors (Lipinski definition) is 2. The number of carbonyl (C=O) groups is 1. The van der Waals surface area contributed by atoms with E-state index in [1.165, 1.54) is 0 Å². The van der Waals surface area contributed by atoms with Gasteiger partial charge in [0.15, 0.2) is 0 Å². The van der Waals surface area contributed by atoms with Crippen molar-refractivity contribution in [1.82, 2.24) is 5.32 Å². The van der Waals surface area contributed by atoms with Crippen LogP contribution in [0.1, 0.15) is 56.9 Å². The highest BCUT2D eigenvalue weighted by molar-refractivity contribution is 9.10. The van der Waals surface area contributed by atoms with Gasteiger partial charge in [-0.05, 0) is 42.3 Å². The van der Waals surface area contributed by atoms with Crippen LogP contribution in [0.25, 0.3) is 0 Å². The standard InChI is InChI=1S/C22H25BrClNO2/c1-14(2)21(26)25-22(3)12-19(15-7-9-18(24)10-8-15)27-20(13-22)16-5-4-6-17(23)11-16/h4-11,14,19-20H,12-13H2,1-3H3,(H,25,26)/t19-,20+,22-/m0/s1. The van der Waals surface area contributed by atoms with Gasteiger partial charge < -0.3 is 10.1 Å². The van der Waals surface area contributed by atoms with Crippen molar-refractivity contribution in [3.63, 3.8) is 0 Å². The van der Waals surface area contributed by atoms with Gasteiger partial charge in [-0.3, -0.25) is 4.79 Å². The van der Waals surface area contributed by atoms with Crippen molar-refractivity contribution in [3.8, 4) is 0 Å². The van der Waals surface area contributed by atoms with Crippen LogP contribution in [0.4, 0.5) is 0 Å². The molecule has 0 radical (unpaired) electrons. The monoisotopic (exact) mass is 449 g/mol. The van der Waals surface area contributed by atoms with Crippen molar-refractivity contribution in [2.45, 2.75) is 51.4 Å². The predicted octanol–water partition coefficient (Wildman–Crippen LogP) is 6.23. The van der Waals surface area contributed by atoms with E-state index in [1.807, 2.05) is 50.2 Å². The normalized spacial score (nSPS) is 25.4. The molecule has 1 fully saturated rings. The molecule has 1 amide bonds. The largest absolute Gasteiger partial charge is 0.365 e. The summed E-state index contributed by atoms with van der Waals surface area (Å²) < 4.78 is 7.49. The van der Waals surface area contributed by atoms with Gasteiger partial charge in [-0.25, -0.2) is 0 Å². The summed E-state index contributed by atoms with van der Waals surface area (Å²) in [7, 11) is 0. The maximum Gasteiger partial charge on any atom is 0.222 e. The van der Waals surface area contributed by atoms with E-state index >= 15 is 0 Å². The van der Waals surface area contributed by atoms with Crippen molar-refractivity contribution < 1.29 is 9.53 Å². The lowest BCUT2D eigenvalue weighted by Gasteiger charge is -2.43. The molecule has 3 nitrogen and oxygen atoms in total. The van der Waals surface area contributed by atoms with Crippen LogP contribution in [0.2, 0.25) is 5.02 Å². The van der Waals surface area contributed by atoms with Crippen molar-refractivity contribution in [2.75, 3.05) is 0 Å². The van der Waals surface area contributed by atoms with E-state index in [2.05, 4.69) is 40.3 Å². The van der Waals surface area contributed by atoms with Gasteiger partial charge in [0.2, 0.25) is 5.91 Å². The highest BCUT2D eigenvalue weighted by atomic mass is 79.9. The second kappa shape index (κ2) is 8.34. The number of benzene rings is 2. The van der Waals surface area contributed by atoms with E-state index in [0.29, 0.717) is 5.02 Å². The second-order valence-corrected chi connectivity index (χ2v) is 9.18. The fourth-order valence-corrected chi connectivity index (χ4v) is 4.06. The highest BCUT2D eigenvalue weighted by Crippen LogP contribution is 2.44. The Hall–Kier alpha value is -1.36. The molecule has 1 aliphatic heterocycles. The summed E-state index contributed by atoms with van der Waals surface area (Å²) in [5, 5.41) is 3.97. The minimum atomic E-state index is -0.350. The first-order valence-corrected chi connectivity index (χ1v) is 10.4.